The van der Waals surface area contributed by atoms with Gasteiger partial charge < -0.3 is 10.6 Å². The van der Waals surface area contributed by atoms with Crippen LogP contribution >= 0.6 is 0 Å². The topological polar surface area (TPSA) is 84.2 Å². The zero-order valence-corrected chi connectivity index (χ0v) is 12.0. The molecule has 1 aliphatic heterocycles. The van der Waals surface area contributed by atoms with E-state index in [2.05, 4.69) is 10.6 Å². The summed E-state index contributed by atoms with van der Waals surface area (Å²) in [5.41, 5.74) is 1.85. The first-order chi connectivity index (χ1) is 8.97. The van der Waals surface area contributed by atoms with Gasteiger partial charge in [0.25, 0.3) is 0 Å². The second kappa shape index (κ2) is 5.90. The number of benzene rings is 1. The largest absolute Gasteiger partial charge is 0.383 e. The third-order valence-corrected chi connectivity index (χ3v) is 4.40. The van der Waals surface area contributed by atoms with Crippen molar-refractivity contribution in [1.29, 1.82) is 0 Å². The Morgan fingerprint density at radius 1 is 1.42 bits per heavy atom. The summed E-state index contributed by atoms with van der Waals surface area (Å²) in [5, 5.41) is 11.9. The van der Waals surface area contributed by atoms with E-state index in [0.717, 1.165) is 30.8 Å². The van der Waals surface area contributed by atoms with Gasteiger partial charge in [-0.25, -0.2) is 13.6 Å². The van der Waals surface area contributed by atoms with Crippen LogP contribution in [0.1, 0.15) is 24.8 Å². The van der Waals surface area contributed by atoms with Crippen LogP contribution in [0.4, 0.5) is 5.69 Å². The summed E-state index contributed by atoms with van der Waals surface area (Å²) in [7, 11) is -3.64. The van der Waals surface area contributed by atoms with Gasteiger partial charge >= 0.3 is 0 Å². The molecule has 1 fully saturated rings. The van der Waals surface area contributed by atoms with Crippen LogP contribution in [0.2, 0.25) is 0 Å². The smallest absolute Gasteiger partial charge is 0.238 e. The fraction of sp³-hybridized carbons (Fsp3) is 0.538. The predicted molar refractivity (Wildman–Crippen MR) is 76.7 cm³/mol. The molecule has 1 atom stereocenters. The maximum absolute atomic E-state index is 11.3. The molecule has 1 aliphatic rings. The second-order valence-electron chi connectivity index (χ2n) is 5.05. The van der Waals surface area contributed by atoms with Crippen LogP contribution in [0.3, 0.4) is 0 Å². The van der Waals surface area contributed by atoms with E-state index in [1.54, 1.807) is 12.1 Å². The fourth-order valence-electron chi connectivity index (χ4n) is 2.30. The van der Waals surface area contributed by atoms with Crippen molar-refractivity contribution in [3.63, 3.8) is 0 Å². The molecule has 0 spiro atoms. The van der Waals surface area contributed by atoms with Gasteiger partial charge in [0.2, 0.25) is 10.0 Å². The Bertz CT molecular complexity index is 537. The summed E-state index contributed by atoms with van der Waals surface area (Å²) in [6, 6.07) is 5.37. The summed E-state index contributed by atoms with van der Waals surface area (Å²) >= 11 is 0. The van der Waals surface area contributed by atoms with E-state index < -0.39 is 10.0 Å². The Kier molecular flexibility index (Phi) is 4.44. The number of aryl methyl sites for hydroxylation is 1. The van der Waals surface area contributed by atoms with Crippen molar-refractivity contribution in [3.05, 3.63) is 23.8 Å². The van der Waals surface area contributed by atoms with Crippen molar-refractivity contribution in [1.82, 2.24) is 5.32 Å². The number of hydrogen-bond donors (Lipinski definition) is 3. The number of sulfonamides is 1. The van der Waals surface area contributed by atoms with Crippen LogP contribution in [0.5, 0.6) is 0 Å². The number of piperidine rings is 1. The van der Waals surface area contributed by atoms with Crippen molar-refractivity contribution in [2.45, 2.75) is 37.1 Å². The van der Waals surface area contributed by atoms with Crippen molar-refractivity contribution < 1.29 is 8.42 Å². The minimum atomic E-state index is -3.64. The molecule has 1 unspecified atom stereocenters. The quantitative estimate of drug-likeness (QED) is 0.775. The molecular weight excluding hydrogens is 262 g/mol. The second-order valence-corrected chi connectivity index (χ2v) is 6.61. The Morgan fingerprint density at radius 2 is 2.21 bits per heavy atom. The number of anilines is 1. The van der Waals surface area contributed by atoms with Crippen LogP contribution in [-0.4, -0.2) is 27.5 Å². The normalized spacial score (nSPS) is 20.2. The first kappa shape index (κ1) is 14.3. The highest BCUT2D eigenvalue weighted by Crippen LogP contribution is 2.20. The lowest BCUT2D eigenvalue weighted by atomic mass is 10.0. The molecule has 1 heterocycles. The third-order valence-electron chi connectivity index (χ3n) is 3.49. The van der Waals surface area contributed by atoms with Crippen LogP contribution in [0.15, 0.2) is 23.1 Å². The molecule has 0 radical (unpaired) electrons. The number of primary sulfonamides is 1. The molecule has 6 heteroatoms. The summed E-state index contributed by atoms with van der Waals surface area (Å²) in [5.74, 6) is 0. The predicted octanol–water partition coefficient (Wildman–Crippen LogP) is 1.20. The lowest BCUT2D eigenvalue weighted by Gasteiger charge is -2.24. The molecule has 19 heavy (non-hydrogen) atoms. The van der Waals surface area contributed by atoms with Gasteiger partial charge in [-0.1, -0.05) is 12.5 Å². The van der Waals surface area contributed by atoms with Crippen LogP contribution in [0.25, 0.3) is 0 Å². The van der Waals surface area contributed by atoms with E-state index in [1.165, 1.54) is 18.9 Å². The van der Waals surface area contributed by atoms with E-state index in [9.17, 15) is 8.42 Å². The van der Waals surface area contributed by atoms with Gasteiger partial charge in [0, 0.05) is 18.3 Å². The summed E-state index contributed by atoms with van der Waals surface area (Å²) in [6.07, 6.45) is 3.63. The van der Waals surface area contributed by atoms with E-state index in [4.69, 9.17) is 5.14 Å². The van der Waals surface area contributed by atoms with E-state index in [0.29, 0.717) is 6.04 Å². The van der Waals surface area contributed by atoms with E-state index >= 15 is 0 Å². The maximum atomic E-state index is 11.3. The molecule has 0 amide bonds. The van der Waals surface area contributed by atoms with Crippen molar-refractivity contribution in [3.8, 4) is 0 Å². The first-order valence-electron chi connectivity index (χ1n) is 6.57. The van der Waals surface area contributed by atoms with Crippen LogP contribution < -0.4 is 15.8 Å². The molecule has 0 bridgehead atoms. The van der Waals surface area contributed by atoms with Crippen LogP contribution in [-0.2, 0) is 10.0 Å². The molecular formula is C13H21N3O2S. The Hall–Kier alpha value is -1.11. The molecule has 0 aromatic heterocycles. The number of nitrogens with one attached hydrogen (secondary N) is 2. The highest BCUT2D eigenvalue weighted by atomic mass is 32.2. The molecule has 2 rings (SSSR count). The van der Waals surface area contributed by atoms with Crippen molar-refractivity contribution in [2.24, 2.45) is 5.14 Å². The zero-order valence-electron chi connectivity index (χ0n) is 11.1. The fourth-order valence-corrected chi connectivity index (χ4v) is 2.84. The van der Waals surface area contributed by atoms with Gasteiger partial charge in [0.15, 0.2) is 0 Å². The first-order valence-corrected chi connectivity index (χ1v) is 8.12. The van der Waals surface area contributed by atoms with Gasteiger partial charge in [0.05, 0.1) is 4.90 Å². The molecule has 1 aromatic rings. The van der Waals surface area contributed by atoms with Crippen molar-refractivity contribution >= 4 is 15.7 Å². The lowest BCUT2D eigenvalue weighted by Crippen LogP contribution is -2.39. The van der Waals surface area contributed by atoms with Gasteiger partial charge in [-0.05, 0) is 44.0 Å². The zero-order chi connectivity index (χ0) is 13.9. The van der Waals surface area contributed by atoms with Gasteiger partial charge in [-0.3, -0.25) is 0 Å². The average molecular weight is 283 g/mol. The van der Waals surface area contributed by atoms with E-state index in [1.807, 2.05) is 6.92 Å². The minimum absolute atomic E-state index is 0.150. The highest BCUT2D eigenvalue weighted by Gasteiger charge is 2.14. The van der Waals surface area contributed by atoms with Gasteiger partial charge in [-0.2, -0.15) is 0 Å². The molecule has 1 aromatic carbocycles. The molecule has 5 nitrogen and oxygen atoms in total. The Labute approximate surface area is 114 Å². The van der Waals surface area contributed by atoms with Gasteiger partial charge in [-0.15, -0.1) is 0 Å². The van der Waals surface area contributed by atoms with Crippen molar-refractivity contribution in [2.75, 3.05) is 18.4 Å². The number of hydrogen-bond acceptors (Lipinski definition) is 4. The molecule has 0 aliphatic carbocycles. The minimum Gasteiger partial charge on any atom is -0.383 e. The monoisotopic (exact) mass is 283 g/mol. The number of rotatable bonds is 4. The highest BCUT2D eigenvalue weighted by molar-refractivity contribution is 7.89. The van der Waals surface area contributed by atoms with E-state index in [-0.39, 0.29) is 4.90 Å². The summed E-state index contributed by atoms with van der Waals surface area (Å²) < 4.78 is 22.7. The standard InChI is InChI=1S/C13H21N3O2S/c1-10-5-6-12(19(14,17)18)8-13(10)16-9-11-4-2-3-7-15-11/h5-6,8,11,15-16H,2-4,7,9H2,1H3,(H2,14,17,18). The molecule has 106 valence electrons. The molecule has 0 saturated carbocycles. The summed E-state index contributed by atoms with van der Waals surface area (Å²) in [4.78, 5) is 0.150. The lowest BCUT2D eigenvalue weighted by molar-refractivity contribution is 0.414. The Balaban J connectivity index is 2.06. The Morgan fingerprint density at radius 3 is 2.84 bits per heavy atom. The summed E-state index contributed by atoms with van der Waals surface area (Å²) in [6.45, 7) is 3.81. The van der Waals surface area contributed by atoms with Gasteiger partial charge in [0.1, 0.15) is 0 Å². The third kappa shape index (κ3) is 3.92. The average Bonchev–Trinajstić information content (AvgIpc) is 2.37. The van der Waals surface area contributed by atoms with Crippen LogP contribution in [0, 0.1) is 6.92 Å². The SMILES string of the molecule is Cc1ccc(S(N)(=O)=O)cc1NCC1CCCCN1. The number of nitrogens with two attached hydrogens (primary N) is 1. The molecule has 4 N–H and O–H groups in total. The molecule has 1 saturated heterocycles. The maximum Gasteiger partial charge on any atom is 0.238 e.